The van der Waals surface area contributed by atoms with Crippen molar-refractivity contribution in [1.82, 2.24) is 0 Å². The molecule has 13 aromatic rings. The Kier molecular flexibility index (Phi) is 8.71. The molecule has 2 aliphatic rings. The Morgan fingerprint density at radius 1 is 0.443 bits per heavy atom. The fourth-order valence-electron chi connectivity index (χ4n) is 12.0. The normalized spacial score (nSPS) is 14.8. The number of allylic oxidation sites excluding steroid dienone is 1. The topological polar surface area (TPSA) is 16.4 Å². The van der Waals surface area contributed by atoms with Gasteiger partial charge in [0.05, 0.1) is 5.41 Å². The monoisotopic (exact) mass is 927 g/mol. The van der Waals surface area contributed by atoms with E-state index in [1.807, 2.05) is 28.7 Å². The lowest BCUT2D eigenvalue weighted by atomic mass is 9.70. The van der Waals surface area contributed by atoms with Gasteiger partial charge in [0.1, 0.15) is 11.2 Å². The summed E-state index contributed by atoms with van der Waals surface area (Å²) in [4.78, 5) is 3.75. The molecule has 0 radical (unpaired) electrons. The number of nitrogens with zero attached hydrogens (tertiary/aromatic N) is 1. The van der Waals surface area contributed by atoms with E-state index in [0.29, 0.717) is 0 Å². The molecular formula is C66H41NOS2. The number of para-hydroxylation sites is 2. The number of anilines is 3. The molecule has 70 heavy (non-hydrogen) atoms. The summed E-state index contributed by atoms with van der Waals surface area (Å²) in [6, 6.07) is 85.2. The summed E-state index contributed by atoms with van der Waals surface area (Å²) in [5.74, 6) is 0. The minimum Gasteiger partial charge on any atom is -0.456 e. The number of hydrogen-bond acceptors (Lipinski definition) is 4. The number of fused-ring (bicyclic) bond motifs is 18. The zero-order valence-corrected chi connectivity index (χ0v) is 39.5. The van der Waals surface area contributed by atoms with Crippen LogP contribution in [0.2, 0.25) is 0 Å². The molecule has 2 aliphatic carbocycles. The Morgan fingerprint density at radius 2 is 1.09 bits per heavy atom. The molecule has 15 rings (SSSR count). The van der Waals surface area contributed by atoms with Gasteiger partial charge in [-0.15, -0.1) is 22.7 Å². The highest BCUT2D eigenvalue weighted by molar-refractivity contribution is 7.26. The molecule has 0 saturated heterocycles. The number of hydrogen-bond donors (Lipinski definition) is 0. The third-order valence-electron chi connectivity index (χ3n) is 14.9. The highest BCUT2D eigenvalue weighted by Gasteiger charge is 2.53. The quantitative estimate of drug-likeness (QED) is 0.148. The predicted molar refractivity (Wildman–Crippen MR) is 297 cm³/mol. The lowest BCUT2D eigenvalue weighted by Crippen LogP contribution is -2.26. The van der Waals surface area contributed by atoms with Crippen LogP contribution in [-0.4, -0.2) is 0 Å². The van der Waals surface area contributed by atoms with E-state index in [9.17, 15) is 0 Å². The number of furan rings is 1. The Balaban J connectivity index is 0.919. The first-order valence-electron chi connectivity index (χ1n) is 24.0. The van der Waals surface area contributed by atoms with Crippen molar-refractivity contribution in [3.05, 3.63) is 269 Å². The van der Waals surface area contributed by atoms with Gasteiger partial charge in [-0.05, 0) is 134 Å². The second-order valence-corrected chi connectivity index (χ2v) is 20.8. The van der Waals surface area contributed by atoms with Crippen LogP contribution in [0, 0.1) is 0 Å². The highest BCUT2D eigenvalue weighted by Crippen LogP contribution is 2.66. The average molecular weight is 928 g/mol. The second kappa shape index (κ2) is 15.4. The molecular weight excluding hydrogens is 887 g/mol. The molecule has 0 saturated carbocycles. The summed E-state index contributed by atoms with van der Waals surface area (Å²) in [7, 11) is 0. The summed E-state index contributed by atoms with van der Waals surface area (Å²) in [5.41, 5.74) is 19.1. The van der Waals surface area contributed by atoms with Gasteiger partial charge >= 0.3 is 0 Å². The summed E-state index contributed by atoms with van der Waals surface area (Å²) < 4.78 is 10.3. The Labute approximate surface area is 413 Å². The first-order chi connectivity index (χ1) is 34.7. The van der Waals surface area contributed by atoms with Gasteiger partial charge in [-0.3, -0.25) is 0 Å². The lowest BCUT2D eigenvalue weighted by molar-refractivity contribution is 0.669. The first-order valence-corrected chi connectivity index (χ1v) is 25.7. The fraction of sp³-hybridized carbons (Fsp3) is 0.0303. The smallest absolute Gasteiger partial charge is 0.135 e. The third kappa shape index (κ3) is 5.78. The van der Waals surface area contributed by atoms with Gasteiger partial charge in [-0.1, -0.05) is 176 Å². The van der Waals surface area contributed by atoms with Crippen LogP contribution < -0.4 is 4.90 Å². The van der Waals surface area contributed by atoms with Crippen molar-refractivity contribution in [1.29, 1.82) is 0 Å². The van der Waals surface area contributed by atoms with E-state index in [4.69, 9.17) is 4.42 Å². The predicted octanol–water partition coefficient (Wildman–Crippen LogP) is 18.8. The molecule has 4 heteroatoms. The minimum absolute atomic E-state index is 0.495. The Bertz CT molecular complexity index is 4290. The minimum atomic E-state index is -0.495. The first kappa shape index (κ1) is 39.7. The van der Waals surface area contributed by atoms with E-state index in [0.717, 1.165) is 45.4 Å². The van der Waals surface area contributed by atoms with E-state index in [-0.39, 0.29) is 0 Å². The van der Waals surface area contributed by atoms with Crippen molar-refractivity contribution in [2.24, 2.45) is 0 Å². The summed E-state index contributed by atoms with van der Waals surface area (Å²) >= 11 is 3.83. The van der Waals surface area contributed by atoms with Crippen LogP contribution in [0.4, 0.5) is 17.1 Å². The van der Waals surface area contributed by atoms with Crippen LogP contribution in [-0.2, 0) is 11.8 Å². The third-order valence-corrected chi connectivity index (χ3v) is 17.3. The standard InChI is InChI=1S/C66H41NOS2/c1-3-16-41(17-4-1)36-43(47-24-15-25-51-50-22-9-13-28-61(50)69-64(47)51)37-42-30-33-57-53(38-42)48-20-7-11-26-56(48)66(57)58-34-31-45(40-55(58)65-63(66)52-23-10-14-29-62(52)70-65)67(44-18-5-2-6-19-44)46-32-35-60-54(39-46)49-21-8-12-27-59(49)68-60/h1-36,38-40H,37H2. The highest BCUT2D eigenvalue weighted by atomic mass is 32.1. The van der Waals surface area contributed by atoms with Crippen LogP contribution >= 0.6 is 22.7 Å². The van der Waals surface area contributed by atoms with E-state index < -0.39 is 5.41 Å². The van der Waals surface area contributed by atoms with E-state index in [1.54, 1.807) is 0 Å². The van der Waals surface area contributed by atoms with Gasteiger partial charge in [-0.2, -0.15) is 0 Å². The zero-order chi connectivity index (χ0) is 45.9. The largest absolute Gasteiger partial charge is 0.456 e. The zero-order valence-electron chi connectivity index (χ0n) is 37.9. The van der Waals surface area contributed by atoms with Crippen LogP contribution in [0.15, 0.2) is 235 Å². The van der Waals surface area contributed by atoms with Crippen molar-refractivity contribution in [3.8, 4) is 21.6 Å². The molecule has 1 spiro atoms. The average Bonchev–Trinajstić information content (AvgIpc) is 4.22. The molecule has 1 unspecified atom stereocenters. The summed E-state index contributed by atoms with van der Waals surface area (Å²) in [6.45, 7) is 0. The van der Waals surface area contributed by atoms with Crippen LogP contribution in [0.1, 0.15) is 38.9 Å². The molecule has 3 heterocycles. The van der Waals surface area contributed by atoms with Gasteiger partial charge < -0.3 is 9.32 Å². The van der Waals surface area contributed by atoms with Crippen LogP contribution in [0.25, 0.3) is 85.4 Å². The van der Waals surface area contributed by atoms with Crippen molar-refractivity contribution < 1.29 is 4.42 Å². The van der Waals surface area contributed by atoms with Crippen LogP contribution in [0.5, 0.6) is 0 Å². The van der Waals surface area contributed by atoms with Gasteiger partial charge in [-0.25, -0.2) is 0 Å². The van der Waals surface area contributed by atoms with Gasteiger partial charge in [0.25, 0.3) is 0 Å². The lowest BCUT2D eigenvalue weighted by Gasteiger charge is -2.31. The van der Waals surface area contributed by atoms with Gasteiger partial charge in [0.15, 0.2) is 0 Å². The summed E-state index contributed by atoms with van der Waals surface area (Å²) in [6.07, 6.45) is 3.21. The number of rotatable bonds is 7. The molecule has 0 aliphatic heterocycles. The molecule has 1 atom stereocenters. The van der Waals surface area contributed by atoms with E-state index in [1.165, 1.54) is 96.3 Å². The molecule has 10 aromatic carbocycles. The molecule has 0 fully saturated rings. The molecule has 0 N–H and O–H groups in total. The Hall–Kier alpha value is -8.28. The van der Waals surface area contributed by atoms with Crippen molar-refractivity contribution >= 4 is 104 Å². The maximum Gasteiger partial charge on any atom is 0.135 e. The second-order valence-electron chi connectivity index (χ2n) is 18.7. The van der Waals surface area contributed by atoms with Crippen molar-refractivity contribution in [3.63, 3.8) is 0 Å². The fourth-order valence-corrected chi connectivity index (χ4v) is 14.5. The van der Waals surface area contributed by atoms with Crippen LogP contribution in [0.3, 0.4) is 0 Å². The molecule has 328 valence electrons. The van der Waals surface area contributed by atoms with Crippen molar-refractivity contribution in [2.75, 3.05) is 4.90 Å². The molecule has 0 bridgehead atoms. The summed E-state index contributed by atoms with van der Waals surface area (Å²) in [5, 5.41) is 6.21. The SMILES string of the molecule is C(=C(Cc1ccc2c(c1)-c1ccccc1C21c2ccc(N(c3ccccc3)c3ccc4oc5ccccc5c4c3)cc2-c2sc3ccccc3c21)c1cccc2c1sc1ccccc12)c1ccccc1. The molecule has 2 nitrogen and oxygen atoms in total. The molecule has 0 amide bonds. The van der Waals surface area contributed by atoms with Gasteiger partial charge in [0.2, 0.25) is 0 Å². The maximum atomic E-state index is 6.31. The maximum absolute atomic E-state index is 6.31. The van der Waals surface area contributed by atoms with Crippen molar-refractivity contribution in [2.45, 2.75) is 11.8 Å². The molecule has 3 aromatic heterocycles. The van der Waals surface area contributed by atoms with E-state index in [2.05, 4.69) is 235 Å². The van der Waals surface area contributed by atoms with E-state index >= 15 is 0 Å². The van der Waals surface area contributed by atoms with Gasteiger partial charge in [0, 0.05) is 57.6 Å². The number of benzene rings is 10. The Morgan fingerprint density at radius 3 is 1.96 bits per heavy atom. The number of thiophene rings is 2.